The molecule has 2 unspecified atom stereocenters. The van der Waals surface area contributed by atoms with E-state index in [0.29, 0.717) is 0 Å². The molecule has 7 nitrogen and oxygen atoms in total. The van der Waals surface area contributed by atoms with Crippen LogP contribution < -0.4 is 0 Å². The van der Waals surface area contributed by atoms with E-state index >= 15 is 0 Å². The summed E-state index contributed by atoms with van der Waals surface area (Å²) in [7, 11) is 0. The van der Waals surface area contributed by atoms with E-state index in [4.69, 9.17) is 14.9 Å². The van der Waals surface area contributed by atoms with Crippen molar-refractivity contribution in [1.29, 1.82) is 0 Å². The lowest BCUT2D eigenvalue weighted by Gasteiger charge is -2.12. The zero-order chi connectivity index (χ0) is 11.5. The van der Waals surface area contributed by atoms with Crippen molar-refractivity contribution in [3.05, 3.63) is 0 Å². The molecule has 0 rings (SSSR count). The van der Waals surface area contributed by atoms with E-state index in [9.17, 15) is 9.59 Å². The van der Waals surface area contributed by atoms with Gasteiger partial charge in [0, 0.05) is 0 Å². The zero-order valence-electron chi connectivity index (χ0n) is 8.07. The van der Waals surface area contributed by atoms with E-state index in [0.717, 1.165) is 0 Å². The lowest BCUT2D eigenvalue weighted by atomic mass is 10.4. The number of hydrogen-bond acceptors (Lipinski definition) is 7. The maximum absolute atomic E-state index is 9.75. The van der Waals surface area contributed by atoms with Crippen molar-refractivity contribution in [2.75, 3.05) is 26.4 Å². The van der Waals surface area contributed by atoms with Crippen molar-refractivity contribution >= 4 is 12.9 Å². The Morgan fingerprint density at radius 2 is 1.27 bits per heavy atom. The highest BCUT2D eigenvalue weighted by molar-refractivity contribution is 5.37. The topological polar surface area (TPSA) is 102 Å². The fourth-order valence-electron chi connectivity index (χ4n) is 0.737. The van der Waals surface area contributed by atoms with Crippen LogP contribution in [-0.2, 0) is 23.8 Å². The normalized spacial score (nSPS) is 14.0. The van der Waals surface area contributed by atoms with Gasteiger partial charge in [0.25, 0.3) is 12.9 Å². The van der Waals surface area contributed by atoms with Gasteiger partial charge in [-0.25, -0.2) is 0 Å². The first-order valence-electron chi connectivity index (χ1n) is 4.25. The third-order valence-electron chi connectivity index (χ3n) is 1.33. The Hall–Kier alpha value is -1.18. The average Bonchev–Trinajstić information content (AvgIpc) is 2.23. The molecule has 2 N–H and O–H groups in total. The largest absolute Gasteiger partial charge is 0.465 e. The Balaban J connectivity index is 3.34. The van der Waals surface area contributed by atoms with Gasteiger partial charge in [0.2, 0.25) is 0 Å². The summed E-state index contributed by atoms with van der Waals surface area (Å²) in [5.41, 5.74) is 0. The molecule has 0 saturated carbocycles. The van der Waals surface area contributed by atoms with Gasteiger partial charge in [-0.3, -0.25) is 9.59 Å². The standard InChI is InChI=1S/C8H14O7/c9-5-14-3-7(11)1-13-2-8(12)4-15-6-10/h5-8,11-12H,1-4H2. The van der Waals surface area contributed by atoms with Crippen LogP contribution in [0.3, 0.4) is 0 Å². The molecule has 0 fully saturated rings. The van der Waals surface area contributed by atoms with E-state index in [1.165, 1.54) is 0 Å². The highest BCUT2D eigenvalue weighted by atomic mass is 16.5. The quantitative estimate of drug-likeness (QED) is 0.415. The number of carbonyl (C=O) groups excluding carboxylic acids is 2. The van der Waals surface area contributed by atoms with Crippen molar-refractivity contribution < 1.29 is 34.0 Å². The van der Waals surface area contributed by atoms with Crippen molar-refractivity contribution in [2.45, 2.75) is 12.2 Å². The molecule has 0 amide bonds. The molecule has 2 atom stereocenters. The second-order valence-corrected chi connectivity index (χ2v) is 2.70. The summed E-state index contributed by atoms with van der Waals surface area (Å²) in [6, 6.07) is 0. The van der Waals surface area contributed by atoms with Crippen molar-refractivity contribution in [3.63, 3.8) is 0 Å². The fourth-order valence-corrected chi connectivity index (χ4v) is 0.737. The molecule has 0 saturated heterocycles. The highest BCUT2D eigenvalue weighted by Gasteiger charge is 2.08. The molecule has 0 aromatic rings. The second-order valence-electron chi connectivity index (χ2n) is 2.70. The average molecular weight is 222 g/mol. The van der Waals surface area contributed by atoms with Crippen LogP contribution in [0.1, 0.15) is 0 Å². The molecule has 88 valence electrons. The Labute approximate surface area is 86.5 Å². The smallest absolute Gasteiger partial charge is 0.293 e. The minimum absolute atomic E-state index is 0.0774. The molecule has 0 aromatic carbocycles. The van der Waals surface area contributed by atoms with Crippen LogP contribution in [0.15, 0.2) is 0 Å². The number of hydrogen-bond donors (Lipinski definition) is 2. The molecule has 0 aliphatic carbocycles. The summed E-state index contributed by atoms with van der Waals surface area (Å²) in [5.74, 6) is 0. The zero-order valence-corrected chi connectivity index (χ0v) is 8.07. The number of aliphatic hydroxyl groups is 2. The minimum atomic E-state index is -0.936. The van der Waals surface area contributed by atoms with Gasteiger partial charge in [0.05, 0.1) is 13.2 Å². The van der Waals surface area contributed by atoms with Gasteiger partial charge < -0.3 is 24.4 Å². The summed E-state index contributed by atoms with van der Waals surface area (Å²) in [4.78, 5) is 19.5. The van der Waals surface area contributed by atoms with Crippen molar-refractivity contribution in [2.24, 2.45) is 0 Å². The highest BCUT2D eigenvalue weighted by Crippen LogP contribution is 1.90. The molecule has 0 radical (unpaired) electrons. The molecule has 0 aliphatic heterocycles. The molecule has 0 spiro atoms. The van der Waals surface area contributed by atoms with Crippen molar-refractivity contribution in [3.8, 4) is 0 Å². The summed E-state index contributed by atoms with van der Waals surface area (Å²) >= 11 is 0. The molecule has 15 heavy (non-hydrogen) atoms. The minimum Gasteiger partial charge on any atom is -0.465 e. The van der Waals surface area contributed by atoms with E-state index in [1.54, 1.807) is 0 Å². The van der Waals surface area contributed by atoms with Gasteiger partial charge in [-0.05, 0) is 0 Å². The first-order valence-corrected chi connectivity index (χ1v) is 4.25. The van der Waals surface area contributed by atoms with E-state index in [-0.39, 0.29) is 39.4 Å². The van der Waals surface area contributed by atoms with Gasteiger partial charge in [0.1, 0.15) is 25.4 Å². The third kappa shape index (κ3) is 9.13. The molecule has 0 aromatic heterocycles. The van der Waals surface area contributed by atoms with Crippen LogP contribution in [0.4, 0.5) is 0 Å². The van der Waals surface area contributed by atoms with Crippen LogP contribution in [0.2, 0.25) is 0 Å². The molecular weight excluding hydrogens is 208 g/mol. The maximum Gasteiger partial charge on any atom is 0.293 e. The third-order valence-corrected chi connectivity index (χ3v) is 1.33. The molecule has 0 bridgehead atoms. The lowest BCUT2D eigenvalue weighted by molar-refractivity contribution is -0.134. The molecule has 7 heteroatoms. The van der Waals surface area contributed by atoms with Crippen LogP contribution in [0.5, 0.6) is 0 Å². The first-order chi connectivity index (χ1) is 7.20. The number of rotatable bonds is 10. The first kappa shape index (κ1) is 13.8. The summed E-state index contributed by atoms with van der Waals surface area (Å²) in [5, 5.41) is 18.2. The Bertz CT molecular complexity index is 154. The molecule has 0 aliphatic rings. The molecule has 0 heterocycles. The van der Waals surface area contributed by atoms with Gasteiger partial charge in [-0.2, -0.15) is 0 Å². The van der Waals surface area contributed by atoms with Gasteiger partial charge in [-0.15, -0.1) is 0 Å². The number of aliphatic hydroxyl groups excluding tert-OH is 2. The number of carbonyl (C=O) groups is 2. The van der Waals surface area contributed by atoms with Crippen molar-refractivity contribution in [1.82, 2.24) is 0 Å². The Kier molecular flexibility index (Phi) is 8.64. The predicted octanol–water partition coefficient (Wildman–Crippen LogP) is -1.93. The van der Waals surface area contributed by atoms with Crippen LogP contribution in [-0.4, -0.2) is 61.8 Å². The van der Waals surface area contributed by atoms with Gasteiger partial charge in [-0.1, -0.05) is 0 Å². The summed E-state index contributed by atoms with van der Waals surface area (Å²) < 4.78 is 13.4. The van der Waals surface area contributed by atoms with Crippen LogP contribution >= 0.6 is 0 Å². The van der Waals surface area contributed by atoms with E-state index in [2.05, 4.69) is 9.47 Å². The lowest BCUT2D eigenvalue weighted by Crippen LogP contribution is -2.27. The van der Waals surface area contributed by atoms with E-state index in [1.807, 2.05) is 0 Å². The Morgan fingerprint density at radius 3 is 1.60 bits per heavy atom. The summed E-state index contributed by atoms with van der Waals surface area (Å²) in [6.07, 6.45) is -1.87. The molecular formula is C8H14O7. The Morgan fingerprint density at radius 1 is 0.867 bits per heavy atom. The van der Waals surface area contributed by atoms with E-state index < -0.39 is 12.2 Å². The number of ether oxygens (including phenoxy) is 3. The second kappa shape index (κ2) is 9.38. The van der Waals surface area contributed by atoms with Crippen LogP contribution in [0.25, 0.3) is 0 Å². The predicted molar refractivity (Wildman–Crippen MR) is 46.9 cm³/mol. The van der Waals surface area contributed by atoms with Crippen LogP contribution in [0, 0.1) is 0 Å². The fraction of sp³-hybridized carbons (Fsp3) is 0.750. The summed E-state index contributed by atoms with van der Waals surface area (Å²) in [6.45, 7) is -0.0428. The SMILES string of the molecule is O=COCC(O)COCC(O)COC=O. The van der Waals surface area contributed by atoms with Gasteiger partial charge >= 0.3 is 0 Å². The van der Waals surface area contributed by atoms with Gasteiger partial charge in [0.15, 0.2) is 0 Å². The maximum atomic E-state index is 9.75. The monoisotopic (exact) mass is 222 g/mol.